The molecule has 1 fully saturated rings. The molecule has 0 saturated heterocycles. The van der Waals surface area contributed by atoms with Gasteiger partial charge in [0.25, 0.3) is 0 Å². The van der Waals surface area contributed by atoms with E-state index in [0.717, 1.165) is 10.4 Å². The Kier molecular flexibility index (Phi) is 2.06. The smallest absolute Gasteiger partial charge is 0.127 e. The molecule has 1 unspecified atom stereocenters. The third-order valence-corrected chi connectivity index (χ3v) is 2.99. The lowest BCUT2D eigenvalue weighted by Gasteiger charge is -2.06. The van der Waals surface area contributed by atoms with Crippen molar-refractivity contribution in [2.75, 3.05) is 5.32 Å². The Hall–Kier alpha value is -0.570. The van der Waals surface area contributed by atoms with Gasteiger partial charge in [0.2, 0.25) is 0 Å². The minimum Gasteiger partial charge on any atom is -0.367 e. The van der Waals surface area contributed by atoms with E-state index in [4.69, 9.17) is 0 Å². The largest absolute Gasteiger partial charge is 0.367 e. The molecule has 1 atom stereocenters. The molecule has 1 aliphatic carbocycles. The third-order valence-electron chi connectivity index (χ3n) is 2.55. The van der Waals surface area contributed by atoms with E-state index in [1.807, 2.05) is 18.2 Å². The van der Waals surface area contributed by atoms with E-state index in [0.29, 0.717) is 11.5 Å². The van der Waals surface area contributed by atoms with E-state index in [1.54, 1.807) is 0 Å². The molecule has 0 radical (unpaired) electrons. The van der Waals surface area contributed by atoms with Crippen molar-refractivity contribution in [2.24, 2.45) is 5.41 Å². The first-order chi connectivity index (χ1) is 6.08. The van der Waals surface area contributed by atoms with Crippen LogP contribution >= 0.6 is 15.9 Å². The van der Waals surface area contributed by atoms with Gasteiger partial charge >= 0.3 is 0 Å². The van der Waals surface area contributed by atoms with Crippen molar-refractivity contribution in [3.63, 3.8) is 0 Å². The number of nitrogens with one attached hydrogen (secondary N) is 1. The monoisotopic (exact) mass is 240 g/mol. The van der Waals surface area contributed by atoms with Gasteiger partial charge in [-0.2, -0.15) is 0 Å². The second-order valence-corrected chi connectivity index (χ2v) is 5.05. The Morgan fingerprint density at radius 1 is 1.54 bits per heavy atom. The molecule has 1 saturated carbocycles. The highest BCUT2D eigenvalue weighted by atomic mass is 79.9. The molecule has 1 aromatic rings. The Balaban J connectivity index is 2.03. The molecule has 0 bridgehead atoms. The van der Waals surface area contributed by atoms with Gasteiger partial charge in [-0.3, -0.25) is 0 Å². The Labute approximate surface area is 86.9 Å². The molecule has 2 rings (SSSR count). The summed E-state index contributed by atoms with van der Waals surface area (Å²) in [4.78, 5) is 4.32. The van der Waals surface area contributed by atoms with Crippen LogP contribution in [0, 0.1) is 5.41 Å². The van der Waals surface area contributed by atoms with E-state index in [-0.39, 0.29) is 0 Å². The number of pyridine rings is 1. The van der Waals surface area contributed by atoms with Gasteiger partial charge in [-0.05, 0) is 39.9 Å². The van der Waals surface area contributed by atoms with Crippen molar-refractivity contribution >= 4 is 21.7 Å². The van der Waals surface area contributed by atoms with Gasteiger partial charge in [0.1, 0.15) is 10.4 Å². The number of aromatic nitrogens is 1. The van der Waals surface area contributed by atoms with E-state index in [9.17, 15) is 0 Å². The summed E-state index contributed by atoms with van der Waals surface area (Å²) in [7, 11) is 0. The van der Waals surface area contributed by atoms with Gasteiger partial charge in [0.15, 0.2) is 0 Å². The number of halogens is 1. The van der Waals surface area contributed by atoms with Crippen LogP contribution in [0.1, 0.15) is 20.3 Å². The first kappa shape index (κ1) is 9.00. The quantitative estimate of drug-likeness (QED) is 0.805. The lowest BCUT2D eigenvalue weighted by molar-refractivity contribution is 0.630. The zero-order valence-electron chi connectivity index (χ0n) is 7.84. The van der Waals surface area contributed by atoms with Crippen LogP contribution in [0.4, 0.5) is 5.82 Å². The molecule has 0 aromatic carbocycles. The van der Waals surface area contributed by atoms with E-state index in [1.165, 1.54) is 6.42 Å². The highest BCUT2D eigenvalue weighted by Gasteiger charge is 2.45. The zero-order valence-corrected chi connectivity index (χ0v) is 9.43. The van der Waals surface area contributed by atoms with Crippen molar-refractivity contribution in [3.8, 4) is 0 Å². The van der Waals surface area contributed by atoms with Gasteiger partial charge in [-0.1, -0.05) is 19.9 Å². The fourth-order valence-corrected chi connectivity index (χ4v) is 1.72. The highest BCUT2D eigenvalue weighted by molar-refractivity contribution is 9.10. The molecule has 1 aliphatic rings. The van der Waals surface area contributed by atoms with Gasteiger partial charge in [0, 0.05) is 6.04 Å². The van der Waals surface area contributed by atoms with E-state index < -0.39 is 0 Å². The SMILES string of the molecule is CC1(C)CC1Nc1cccc(Br)n1. The Morgan fingerprint density at radius 3 is 2.77 bits per heavy atom. The second-order valence-electron chi connectivity index (χ2n) is 4.24. The van der Waals surface area contributed by atoms with Crippen LogP contribution in [-0.4, -0.2) is 11.0 Å². The van der Waals surface area contributed by atoms with Crippen LogP contribution in [0.3, 0.4) is 0 Å². The first-order valence-electron chi connectivity index (χ1n) is 4.47. The summed E-state index contributed by atoms with van der Waals surface area (Å²) in [6.45, 7) is 4.53. The molecule has 3 heteroatoms. The van der Waals surface area contributed by atoms with Crippen LogP contribution in [0.25, 0.3) is 0 Å². The van der Waals surface area contributed by atoms with Crippen molar-refractivity contribution in [1.82, 2.24) is 4.98 Å². The van der Waals surface area contributed by atoms with Gasteiger partial charge in [-0.15, -0.1) is 0 Å². The normalized spacial score (nSPS) is 24.1. The Morgan fingerprint density at radius 2 is 2.23 bits per heavy atom. The topological polar surface area (TPSA) is 24.9 Å². The number of nitrogens with zero attached hydrogens (tertiary/aromatic N) is 1. The number of hydrogen-bond donors (Lipinski definition) is 1. The standard InChI is InChI=1S/C10H13BrN2/c1-10(2)6-7(10)12-9-5-3-4-8(11)13-9/h3-5,7H,6H2,1-2H3,(H,12,13). The van der Waals surface area contributed by atoms with Crippen molar-refractivity contribution < 1.29 is 0 Å². The fraction of sp³-hybridized carbons (Fsp3) is 0.500. The van der Waals surface area contributed by atoms with Crippen LogP contribution in [-0.2, 0) is 0 Å². The predicted molar refractivity (Wildman–Crippen MR) is 57.7 cm³/mol. The predicted octanol–water partition coefficient (Wildman–Crippen LogP) is 3.05. The lowest BCUT2D eigenvalue weighted by Crippen LogP contribution is -2.09. The summed E-state index contributed by atoms with van der Waals surface area (Å²) in [6.07, 6.45) is 1.24. The van der Waals surface area contributed by atoms with E-state index in [2.05, 4.69) is 40.1 Å². The molecule has 2 nitrogen and oxygen atoms in total. The number of hydrogen-bond acceptors (Lipinski definition) is 2. The molecule has 0 spiro atoms. The van der Waals surface area contributed by atoms with Crippen LogP contribution in [0.15, 0.2) is 22.8 Å². The van der Waals surface area contributed by atoms with Crippen LogP contribution in [0.5, 0.6) is 0 Å². The summed E-state index contributed by atoms with van der Waals surface area (Å²) in [5, 5.41) is 3.41. The van der Waals surface area contributed by atoms with Gasteiger partial charge < -0.3 is 5.32 Å². The average Bonchev–Trinajstić information content (AvgIpc) is 2.58. The molecule has 0 aliphatic heterocycles. The van der Waals surface area contributed by atoms with Crippen molar-refractivity contribution in [2.45, 2.75) is 26.3 Å². The van der Waals surface area contributed by atoms with Gasteiger partial charge in [0.05, 0.1) is 0 Å². The van der Waals surface area contributed by atoms with Crippen molar-refractivity contribution in [3.05, 3.63) is 22.8 Å². The molecule has 13 heavy (non-hydrogen) atoms. The van der Waals surface area contributed by atoms with Crippen molar-refractivity contribution in [1.29, 1.82) is 0 Å². The fourth-order valence-electron chi connectivity index (χ4n) is 1.38. The third kappa shape index (κ3) is 2.02. The minimum absolute atomic E-state index is 0.448. The minimum atomic E-state index is 0.448. The highest BCUT2D eigenvalue weighted by Crippen LogP contribution is 2.46. The van der Waals surface area contributed by atoms with Crippen LogP contribution in [0.2, 0.25) is 0 Å². The maximum absolute atomic E-state index is 4.32. The van der Waals surface area contributed by atoms with Crippen LogP contribution < -0.4 is 5.32 Å². The molecular weight excluding hydrogens is 228 g/mol. The zero-order chi connectivity index (χ0) is 9.47. The summed E-state index contributed by atoms with van der Waals surface area (Å²) < 4.78 is 0.885. The number of rotatable bonds is 2. The summed E-state index contributed by atoms with van der Waals surface area (Å²) in [5.41, 5.74) is 0.448. The molecule has 0 amide bonds. The molecule has 1 heterocycles. The molecule has 1 N–H and O–H groups in total. The average molecular weight is 241 g/mol. The molecule has 70 valence electrons. The second kappa shape index (κ2) is 2.98. The summed E-state index contributed by atoms with van der Waals surface area (Å²) >= 11 is 3.35. The molecular formula is C10H13BrN2. The summed E-state index contributed by atoms with van der Waals surface area (Å²) in [6, 6.07) is 6.52. The molecule has 1 aromatic heterocycles. The lowest BCUT2D eigenvalue weighted by atomic mass is 10.2. The Bertz CT molecular complexity index is 322. The van der Waals surface area contributed by atoms with E-state index >= 15 is 0 Å². The first-order valence-corrected chi connectivity index (χ1v) is 5.26. The maximum atomic E-state index is 4.32. The number of anilines is 1. The maximum Gasteiger partial charge on any atom is 0.127 e. The summed E-state index contributed by atoms with van der Waals surface area (Å²) in [5.74, 6) is 0.963. The van der Waals surface area contributed by atoms with Gasteiger partial charge in [-0.25, -0.2) is 4.98 Å².